The third kappa shape index (κ3) is 4.96. The molecule has 21 heavy (non-hydrogen) atoms. The number of nitrogens with zero attached hydrogens (tertiary/aromatic N) is 1. The van der Waals surface area contributed by atoms with Crippen LogP contribution in [0.3, 0.4) is 0 Å². The number of rotatable bonds is 6. The molecule has 0 aliphatic carbocycles. The Kier molecular flexibility index (Phi) is 4.64. The molecule has 0 saturated heterocycles. The molecule has 2 N–H and O–H groups in total. The summed E-state index contributed by atoms with van der Waals surface area (Å²) in [6.07, 6.45) is 2.55. The molecule has 0 aliphatic heterocycles. The average molecular weight is 307 g/mol. The normalized spacial score (nSPS) is 11.0. The zero-order chi connectivity index (χ0) is 15.3. The summed E-state index contributed by atoms with van der Waals surface area (Å²) in [5.41, 5.74) is 1.30. The van der Waals surface area contributed by atoms with Crippen LogP contribution in [0.15, 0.2) is 42.6 Å². The molecular weight excluding hydrogens is 290 g/mol. The molecule has 6 nitrogen and oxygen atoms in total. The number of nitrogens with one attached hydrogen (secondary N) is 2. The van der Waals surface area contributed by atoms with Crippen molar-refractivity contribution in [3.63, 3.8) is 0 Å². The third-order valence-corrected chi connectivity index (χ3v) is 3.11. The van der Waals surface area contributed by atoms with Crippen LogP contribution >= 0.6 is 0 Å². The fraction of sp³-hybridized carbons (Fsp3) is 0.214. The van der Waals surface area contributed by atoms with Gasteiger partial charge in [-0.1, -0.05) is 0 Å². The van der Waals surface area contributed by atoms with Gasteiger partial charge < -0.3 is 10.1 Å². The number of hydrogen-bond donors (Lipinski definition) is 2. The number of aromatic nitrogens is 1. The van der Waals surface area contributed by atoms with Crippen molar-refractivity contribution in [2.24, 2.45) is 0 Å². The summed E-state index contributed by atoms with van der Waals surface area (Å²) in [6, 6.07) is 10.8. The first-order valence-corrected chi connectivity index (χ1v) is 8.29. The Balaban J connectivity index is 2.02. The Morgan fingerprint density at radius 1 is 1.10 bits per heavy atom. The number of hydrogen-bond acceptors (Lipinski definition) is 5. The zero-order valence-corrected chi connectivity index (χ0v) is 12.6. The van der Waals surface area contributed by atoms with Gasteiger partial charge in [-0.05, 0) is 43.3 Å². The second-order valence-electron chi connectivity index (χ2n) is 4.39. The van der Waals surface area contributed by atoms with Crippen LogP contribution in [-0.4, -0.2) is 26.3 Å². The number of ether oxygens (including phenoxy) is 1. The van der Waals surface area contributed by atoms with E-state index in [0.717, 1.165) is 17.7 Å². The highest BCUT2D eigenvalue weighted by Crippen LogP contribution is 2.19. The van der Waals surface area contributed by atoms with Gasteiger partial charge in [-0.2, -0.15) is 0 Å². The molecule has 1 heterocycles. The first-order valence-electron chi connectivity index (χ1n) is 6.40. The van der Waals surface area contributed by atoms with Gasteiger partial charge in [0, 0.05) is 5.69 Å². The van der Waals surface area contributed by atoms with E-state index in [-0.39, 0.29) is 0 Å². The van der Waals surface area contributed by atoms with Crippen molar-refractivity contribution in [3.8, 4) is 5.75 Å². The van der Waals surface area contributed by atoms with Gasteiger partial charge in [0.25, 0.3) is 0 Å². The Morgan fingerprint density at radius 2 is 1.76 bits per heavy atom. The number of anilines is 3. The topological polar surface area (TPSA) is 80.3 Å². The Hall–Kier alpha value is -2.28. The predicted molar refractivity (Wildman–Crippen MR) is 83.6 cm³/mol. The third-order valence-electron chi connectivity index (χ3n) is 2.50. The molecule has 0 unspecified atom stereocenters. The molecule has 0 radical (unpaired) electrons. The van der Waals surface area contributed by atoms with E-state index in [2.05, 4.69) is 15.0 Å². The first kappa shape index (κ1) is 15.1. The number of benzene rings is 1. The molecule has 0 fully saturated rings. The van der Waals surface area contributed by atoms with Crippen molar-refractivity contribution >= 4 is 27.2 Å². The molecule has 1 aromatic carbocycles. The van der Waals surface area contributed by atoms with Gasteiger partial charge in [0.15, 0.2) is 0 Å². The van der Waals surface area contributed by atoms with Crippen molar-refractivity contribution in [1.82, 2.24) is 4.98 Å². The maximum absolute atomic E-state index is 11.1. The zero-order valence-electron chi connectivity index (χ0n) is 11.8. The van der Waals surface area contributed by atoms with Crippen LogP contribution in [0, 0.1) is 0 Å². The monoisotopic (exact) mass is 307 g/mol. The van der Waals surface area contributed by atoms with Crippen LogP contribution in [-0.2, 0) is 10.0 Å². The van der Waals surface area contributed by atoms with Crippen molar-refractivity contribution < 1.29 is 13.2 Å². The molecule has 2 aromatic rings. The molecule has 0 atom stereocenters. The van der Waals surface area contributed by atoms with E-state index in [0.29, 0.717) is 18.1 Å². The van der Waals surface area contributed by atoms with Gasteiger partial charge in [0.05, 0.1) is 24.7 Å². The van der Waals surface area contributed by atoms with Crippen LogP contribution in [0.1, 0.15) is 6.92 Å². The van der Waals surface area contributed by atoms with Crippen LogP contribution < -0.4 is 14.8 Å². The van der Waals surface area contributed by atoms with Gasteiger partial charge in [0.2, 0.25) is 10.0 Å². The molecule has 0 amide bonds. The van der Waals surface area contributed by atoms with Gasteiger partial charge in [-0.15, -0.1) is 0 Å². The van der Waals surface area contributed by atoms with Crippen molar-refractivity contribution in [3.05, 3.63) is 42.6 Å². The summed E-state index contributed by atoms with van der Waals surface area (Å²) in [5, 5.41) is 3.12. The fourth-order valence-corrected chi connectivity index (χ4v) is 2.24. The second-order valence-corrected chi connectivity index (χ2v) is 6.14. The molecule has 7 heteroatoms. The number of pyridine rings is 1. The smallest absolute Gasteiger partial charge is 0.229 e. The van der Waals surface area contributed by atoms with Gasteiger partial charge in [0.1, 0.15) is 11.6 Å². The maximum Gasteiger partial charge on any atom is 0.229 e. The van der Waals surface area contributed by atoms with Crippen molar-refractivity contribution in [2.45, 2.75) is 6.92 Å². The van der Waals surface area contributed by atoms with Crippen molar-refractivity contribution in [1.29, 1.82) is 0 Å². The van der Waals surface area contributed by atoms with Crippen molar-refractivity contribution in [2.75, 3.05) is 22.9 Å². The summed E-state index contributed by atoms with van der Waals surface area (Å²) in [6.45, 7) is 2.56. The Morgan fingerprint density at radius 3 is 2.29 bits per heavy atom. The lowest BCUT2D eigenvalue weighted by molar-refractivity contribution is 0.340. The highest BCUT2D eigenvalue weighted by atomic mass is 32.2. The van der Waals surface area contributed by atoms with E-state index in [4.69, 9.17) is 4.74 Å². The quantitative estimate of drug-likeness (QED) is 0.857. The molecule has 112 valence electrons. The second kappa shape index (κ2) is 6.45. The van der Waals surface area contributed by atoms with Crippen LogP contribution in [0.5, 0.6) is 5.75 Å². The fourth-order valence-electron chi connectivity index (χ4n) is 1.69. The number of sulfonamides is 1. The predicted octanol–water partition coefficient (Wildman–Crippen LogP) is 2.60. The lowest BCUT2D eigenvalue weighted by Crippen LogP contribution is -2.09. The van der Waals surface area contributed by atoms with E-state index < -0.39 is 10.0 Å². The summed E-state index contributed by atoms with van der Waals surface area (Å²) in [5.74, 6) is 1.43. The molecule has 2 rings (SSSR count). The summed E-state index contributed by atoms with van der Waals surface area (Å²) >= 11 is 0. The molecule has 0 aliphatic rings. The Bertz CT molecular complexity index is 682. The Labute approximate surface area is 124 Å². The minimum absolute atomic E-state index is 0.426. The van der Waals surface area contributed by atoms with E-state index in [1.807, 2.05) is 31.2 Å². The van der Waals surface area contributed by atoms with E-state index in [1.54, 1.807) is 12.1 Å². The van der Waals surface area contributed by atoms with Crippen LogP contribution in [0.4, 0.5) is 17.2 Å². The minimum atomic E-state index is -3.28. The largest absolute Gasteiger partial charge is 0.494 e. The van der Waals surface area contributed by atoms with E-state index >= 15 is 0 Å². The summed E-state index contributed by atoms with van der Waals surface area (Å²) in [4.78, 5) is 4.15. The lowest BCUT2D eigenvalue weighted by atomic mass is 10.3. The van der Waals surface area contributed by atoms with E-state index in [1.165, 1.54) is 6.20 Å². The van der Waals surface area contributed by atoms with Gasteiger partial charge in [-0.3, -0.25) is 4.72 Å². The summed E-state index contributed by atoms with van der Waals surface area (Å²) < 4.78 is 29.9. The lowest BCUT2D eigenvalue weighted by Gasteiger charge is -2.08. The highest BCUT2D eigenvalue weighted by Gasteiger charge is 2.02. The van der Waals surface area contributed by atoms with Gasteiger partial charge >= 0.3 is 0 Å². The summed E-state index contributed by atoms with van der Waals surface area (Å²) in [7, 11) is -3.28. The molecule has 0 bridgehead atoms. The molecule has 0 spiro atoms. The first-order chi connectivity index (χ1) is 9.96. The SMILES string of the molecule is CCOc1ccc(Nc2ccc(NS(C)(=O)=O)cn2)cc1. The van der Waals surface area contributed by atoms with Gasteiger partial charge in [-0.25, -0.2) is 13.4 Å². The highest BCUT2D eigenvalue weighted by molar-refractivity contribution is 7.92. The standard InChI is InChI=1S/C14H17N3O3S/c1-3-20-13-7-4-11(5-8-13)16-14-9-6-12(10-15-14)17-21(2,18)19/h4-10,17H,3H2,1-2H3,(H,15,16). The molecule has 1 aromatic heterocycles. The minimum Gasteiger partial charge on any atom is -0.494 e. The van der Waals surface area contributed by atoms with Crippen LogP contribution in [0.2, 0.25) is 0 Å². The molecule has 0 saturated carbocycles. The molecular formula is C14H17N3O3S. The average Bonchev–Trinajstić information content (AvgIpc) is 2.42. The van der Waals surface area contributed by atoms with Crippen LogP contribution in [0.25, 0.3) is 0 Å². The van der Waals surface area contributed by atoms with E-state index in [9.17, 15) is 8.42 Å². The maximum atomic E-state index is 11.1.